The second kappa shape index (κ2) is 10.6. The van der Waals surface area contributed by atoms with Gasteiger partial charge in [0.15, 0.2) is 4.80 Å². The SMILES string of the molecule is COc1ccc(Br)cc1[C@H]1C(C(=O)OC(C)C)=C(C)N=c2s/c(=C\c3ccc(SC)cc3)c(=O)n21. The molecular weight excluding hydrogens is 548 g/mol. The van der Waals surface area contributed by atoms with Crippen molar-refractivity contribution in [2.75, 3.05) is 13.4 Å². The van der Waals surface area contributed by atoms with Gasteiger partial charge >= 0.3 is 5.97 Å². The summed E-state index contributed by atoms with van der Waals surface area (Å²) in [5.74, 6) is 0.0557. The van der Waals surface area contributed by atoms with Crippen LogP contribution in [0.15, 0.2) is 72.9 Å². The van der Waals surface area contributed by atoms with E-state index in [0.717, 1.165) is 14.9 Å². The Labute approximate surface area is 220 Å². The monoisotopic (exact) mass is 572 g/mol. The van der Waals surface area contributed by atoms with E-state index in [1.54, 1.807) is 44.2 Å². The summed E-state index contributed by atoms with van der Waals surface area (Å²) in [6.45, 7) is 5.35. The van der Waals surface area contributed by atoms with Gasteiger partial charge in [-0.05, 0) is 69.0 Å². The molecule has 6 nitrogen and oxygen atoms in total. The van der Waals surface area contributed by atoms with E-state index in [-0.39, 0.29) is 11.7 Å². The van der Waals surface area contributed by atoms with Crippen molar-refractivity contribution in [1.29, 1.82) is 0 Å². The molecule has 2 aromatic carbocycles. The van der Waals surface area contributed by atoms with Crippen molar-refractivity contribution in [3.63, 3.8) is 0 Å². The highest BCUT2D eigenvalue weighted by molar-refractivity contribution is 9.10. The molecule has 1 aliphatic heterocycles. The van der Waals surface area contributed by atoms with Crippen LogP contribution in [0.3, 0.4) is 0 Å². The van der Waals surface area contributed by atoms with Crippen LogP contribution in [-0.2, 0) is 9.53 Å². The first-order chi connectivity index (χ1) is 16.7. The first kappa shape index (κ1) is 25.5. The first-order valence-electron chi connectivity index (χ1n) is 10.9. The number of carbonyl (C=O) groups is 1. The van der Waals surface area contributed by atoms with E-state index >= 15 is 0 Å². The Morgan fingerprint density at radius 1 is 1.23 bits per heavy atom. The van der Waals surface area contributed by atoms with E-state index in [9.17, 15) is 9.59 Å². The lowest BCUT2D eigenvalue weighted by Crippen LogP contribution is -2.40. The molecule has 0 saturated heterocycles. The molecule has 35 heavy (non-hydrogen) atoms. The number of nitrogens with zero attached hydrogens (tertiary/aromatic N) is 2. The number of thiazole rings is 1. The summed E-state index contributed by atoms with van der Waals surface area (Å²) >= 11 is 6.48. The number of allylic oxidation sites excluding steroid dienone is 1. The second-order valence-electron chi connectivity index (χ2n) is 8.20. The van der Waals surface area contributed by atoms with Gasteiger partial charge in [0.05, 0.1) is 29.0 Å². The quantitative estimate of drug-likeness (QED) is 0.317. The number of hydrogen-bond acceptors (Lipinski definition) is 7. The molecule has 0 bridgehead atoms. The van der Waals surface area contributed by atoms with Crippen LogP contribution in [0.25, 0.3) is 6.08 Å². The van der Waals surface area contributed by atoms with Crippen LogP contribution in [0.1, 0.15) is 37.9 Å². The molecular formula is C26H25BrN2O4S2. The first-order valence-corrected chi connectivity index (χ1v) is 13.8. The fourth-order valence-corrected chi connectivity index (χ4v) is 5.76. The maximum absolute atomic E-state index is 13.8. The molecule has 1 atom stereocenters. The molecule has 0 aliphatic carbocycles. The molecule has 9 heteroatoms. The second-order valence-corrected chi connectivity index (χ2v) is 11.0. The van der Waals surface area contributed by atoms with Crippen molar-refractivity contribution in [3.8, 4) is 5.75 Å². The molecule has 0 saturated carbocycles. The number of benzene rings is 2. The van der Waals surface area contributed by atoms with Gasteiger partial charge in [-0.15, -0.1) is 11.8 Å². The fourth-order valence-electron chi connectivity index (χ4n) is 3.92. The standard InChI is InChI=1S/C26H25BrN2O4S2/c1-14(2)33-25(31)22-15(3)28-26-29(23(22)19-13-17(27)8-11-20(19)32-4)24(30)21(35-26)12-16-6-9-18(34-5)10-7-16/h6-14,23H,1-5H3/b21-12-/t23-/m0/s1. The number of rotatable bonds is 6. The zero-order valence-electron chi connectivity index (χ0n) is 20.0. The Bertz CT molecular complexity index is 1490. The van der Waals surface area contributed by atoms with Crippen molar-refractivity contribution in [3.05, 3.63) is 89.0 Å². The molecule has 0 unspecified atom stereocenters. The predicted octanol–water partition coefficient (Wildman–Crippen LogP) is 4.68. The van der Waals surface area contributed by atoms with Gasteiger partial charge in [0, 0.05) is 14.9 Å². The smallest absolute Gasteiger partial charge is 0.338 e. The number of esters is 1. The normalized spacial score (nSPS) is 15.7. The third kappa shape index (κ3) is 5.17. The van der Waals surface area contributed by atoms with Gasteiger partial charge < -0.3 is 9.47 Å². The molecule has 0 radical (unpaired) electrons. The van der Waals surface area contributed by atoms with Crippen LogP contribution in [0.5, 0.6) is 5.75 Å². The minimum absolute atomic E-state index is 0.225. The van der Waals surface area contributed by atoms with Crippen molar-refractivity contribution in [2.45, 2.75) is 37.8 Å². The zero-order valence-corrected chi connectivity index (χ0v) is 23.2. The number of thioether (sulfide) groups is 1. The van der Waals surface area contributed by atoms with Crippen LogP contribution in [-0.4, -0.2) is 30.0 Å². The lowest BCUT2D eigenvalue weighted by Gasteiger charge is -2.26. The molecule has 1 aliphatic rings. The van der Waals surface area contributed by atoms with E-state index in [1.165, 1.54) is 11.3 Å². The number of aromatic nitrogens is 1. The summed E-state index contributed by atoms with van der Waals surface area (Å²) in [4.78, 5) is 33.3. The summed E-state index contributed by atoms with van der Waals surface area (Å²) in [6, 6.07) is 12.8. The van der Waals surface area contributed by atoms with E-state index in [4.69, 9.17) is 9.47 Å². The minimum atomic E-state index is -0.744. The Morgan fingerprint density at radius 2 is 1.94 bits per heavy atom. The number of fused-ring (bicyclic) bond motifs is 1. The summed E-state index contributed by atoms with van der Waals surface area (Å²) in [7, 11) is 1.57. The Hall–Kier alpha value is -2.62. The zero-order chi connectivity index (χ0) is 25.3. The Morgan fingerprint density at radius 3 is 2.57 bits per heavy atom. The number of halogens is 1. The molecule has 182 valence electrons. The highest BCUT2D eigenvalue weighted by Gasteiger charge is 2.35. The maximum Gasteiger partial charge on any atom is 0.338 e. The number of carbonyl (C=O) groups excluding carboxylic acids is 1. The summed E-state index contributed by atoms with van der Waals surface area (Å²) in [6.07, 6.45) is 3.56. The Balaban J connectivity index is 1.97. The van der Waals surface area contributed by atoms with Crippen molar-refractivity contribution in [2.24, 2.45) is 4.99 Å². The van der Waals surface area contributed by atoms with Gasteiger partial charge in [0.1, 0.15) is 11.8 Å². The van der Waals surface area contributed by atoms with Crippen LogP contribution < -0.4 is 19.6 Å². The molecule has 1 aromatic heterocycles. The fraction of sp³-hybridized carbons (Fsp3) is 0.269. The molecule has 0 amide bonds. The van der Waals surface area contributed by atoms with Crippen molar-refractivity contribution >= 4 is 51.1 Å². The van der Waals surface area contributed by atoms with Crippen LogP contribution >= 0.6 is 39.0 Å². The van der Waals surface area contributed by atoms with Crippen molar-refractivity contribution < 1.29 is 14.3 Å². The van der Waals surface area contributed by atoms with Crippen molar-refractivity contribution in [1.82, 2.24) is 4.57 Å². The molecule has 0 spiro atoms. The highest BCUT2D eigenvalue weighted by atomic mass is 79.9. The topological polar surface area (TPSA) is 69.9 Å². The third-order valence-corrected chi connectivity index (χ3v) is 7.70. The van der Waals surface area contributed by atoms with E-state index in [1.807, 2.05) is 54.8 Å². The lowest BCUT2D eigenvalue weighted by atomic mass is 9.95. The average Bonchev–Trinajstić information content (AvgIpc) is 3.12. The van der Waals surface area contributed by atoms with Crippen LogP contribution in [0.4, 0.5) is 0 Å². The van der Waals surface area contributed by atoms with Crippen LogP contribution in [0.2, 0.25) is 0 Å². The number of ether oxygens (including phenoxy) is 2. The third-order valence-electron chi connectivity index (χ3n) is 5.48. The largest absolute Gasteiger partial charge is 0.496 e. The van der Waals surface area contributed by atoms with Gasteiger partial charge in [-0.25, -0.2) is 9.79 Å². The van der Waals surface area contributed by atoms with Gasteiger partial charge in [0.25, 0.3) is 5.56 Å². The molecule has 0 N–H and O–H groups in total. The van der Waals surface area contributed by atoms with Gasteiger partial charge in [-0.3, -0.25) is 9.36 Å². The minimum Gasteiger partial charge on any atom is -0.496 e. The van der Waals surface area contributed by atoms with Gasteiger partial charge in [-0.1, -0.05) is 39.4 Å². The van der Waals surface area contributed by atoms with E-state index < -0.39 is 12.0 Å². The molecule has 3 aromatic rings. The summed E-state index contributed by atoms with van der Waals surface area (Å²) in [5, 5.41) is 0. The Kier molecular flexibility index (Phi) is 7.68. The molecule has 2 heterocycles. The maximum atomic E-state index is 13.8. The van der Waals surface area contributed by atoms with Gasteiger partial charge in [-0.2, -0.15) is 0 Å². The van der Waals surface area contributed by atoms with E-state index in [0.29, 0.717) is 31.9 Å². The summed E-state index contributed by atoms with van der Waals surface area (Å²) in [5.41, 5.74) is 2.19. The van der Waals surface area contributed by atoms with Crippen LogP contribution in [0, 0.1) is 0 Å². The highest BCUT2D eigenvalue weighted by Crippen LogP contribution is 2.37. The molecule has 0 fully saturated rings. The lowest BCUT2D eigenvalue weighted by molar-refractivity contribution is -0.143. The number of hydrogen-bond donors (Lipinski definition) is 0. The predicted molar refractivity (Wildman–Crippen MR) is 144 cm³/mol. The van der Waals surface area contributed by atoms with Gasteiger partial charge in [0.2, 0.25) is 0 Å². The number of methoxy groups -OCH3 is 1. The summed E-state index contributed by atoms with van der Waals surface area (Å²) < 4.78 is 14.1. The molecule has 4 rings (SSSR count). The van der Waals surface area contributed by atoms with E-state index in [2.05, 4.69) is 20.9 Å². The average molecular weight is 574 g/mol.